The Balaban J connectivity index is 1.42. The molecule has 0 bridgehead atoms. The lowest BCUT2D eigenvalue weighted by Crippen LogP contribution is -2.30. The lowest BCUT2D eigenvalue weighted by atomic mass is 9.80. The Bertz CT molecular complexity index is 2210. The zero-order chi connectivity index (χ0) is 33.5. The van der Waals surface area contributed by atoms with E-state index in [4.69, 9.17) is 4.74 Å². The van der Waals surface area contributed by atoms with Gasteiger partial charge >= 0.3 is 5.97 Å². The van der Waals surface area contributed by atoms with Crippen molar-refractivity contribution in [2.45, 2.75) is 33.4 Å². The number of rotatable bonds is 8. The molecular weight excluding hydrogens is 621 g/mol. The number of allylic oxidation sites excluding steroid dienone is 6. The van der Waals surface area contributed by atoms with E-state index >= 15 is 0 Å². The minimum Gasteiger partial charge on any atom is -0.489 e. The zero-order valence-electron chi connectivity index (χ0n) is 27.3. The van der Waals surface area contributed by atoms with E-state index in [0.717, 1.165) is 66.8 Å². The van der Waals surface area contributed by atoms with Crippen LogP contribution >= 0.6 is 0 Å². The minimum atomic E-state index is -1.36. The van der Waals surface area contributed by atoms with Crippen molar-refractivity contribution < 1.29 is 18.8 Å². The van der Waals surface area contributed by atoms with Gasteiger partial charge in [-0.15, -0.1) is 0 Å². The van der Waals surface area contributed by atoms with Crippen LogP contribution < -0.4 is 9.04 Å². The molecule has 1 aliphatic carbocycles. The predicted molar refractivity (Wildman–Crippen MR) is 192 cm³/mol. The first-order valence-corrected chi connectivity index (χ1v) is 17.4. The molecule has 0 fully saturated rings. The third kappa shape index (κ3) is 5.75. The van der Waals surface area contributed by atoms with Gasteiger partial charge in [0.2, 0.25) is 0 Å². The highest BCUT2D eigenvalue weighted by molar-refractivity contribution is 7.85. The summed E-state index contributed by atoms with van der Waals surface area (Å²) in [7, 11) is 0.558. The first kappa shape index (κ1) is 31.3. The summed E-state index contributed by atoms with van der Waals surface area (Å²) in [6.07, 6.45) is 15.4. The summed E-state index contributed by atoms with van der Waals surface area (Å²) in [5.41, 5.74) is 10.6. The van der Waals surface area contributed by atoms with Crippen LogP contribution in [0.4, 0.5) is 5.69 Å². The van der Waals surface area contributed by atoms with Gasteiger partial charge in [-0.25, -0.2) is 4.21 Å². The highest BCUT2D eigenvalue weighted by Gasteiger charge is 2.33. The van der Waals surface area contributed by atoms with Crippen LogP contribution in [0.2, 0.25) is 0 Å². The van der Waals surface area contributed by atoms with Crippen LogP contribution in [0.25, 0.3) is 38.9 Å². The van der Waals surface area contributed by atoms with Crippen molar-refractivity contribution >= 4 is 39.1 Å². The Labute approximate surface area is 282 Å². The van der Waals surface area contributed by atoms with Gasteiger partial charge in [-0.2, -0.15) is 5.10 Å². The average Bonchev–Trinajstić information content (AvgIpc) is 3.31. The predicted octanol–water partition coefficient (Wildman–Crippen LogP) is 7.58. The van der Waals surface area contributed by atoms with Crippen LogP contribution in [-0.2, 0) is 42.4 Å². The molecule has 1 N–H and O–H groups in total. The Morgan fingerprint density at radius 2 is 1.92 bits per heavy atom. The average molecular weight is 657 g/mol. The third-order valence-electron chi connectivity index (χ3n) is 9.15. The molecule has 7 rings (SSSR count). The van der Waals surface area contributed by atoms with Crippen LogP contribution in [0, 0.1) is 12.8 Å². The number of anilines is 1. The molecule has 0 spiro atoms. The molecule has 2 aromatic heterocycles. The summed E-state index contributed by atoms with van der Waals surface area (Å²) < 4.78 is 23.7. The number of ether oxygens (including phenoxy) is 1. The Morgan fingerprint density at radius 1 is 1.08 bits per heavy atom. The molecule has 2 aliphatic rings. The summed E-state index contributed by atoms with van der Waals surface area (Å²) >= 11 is 0. The van der Waals surface area contributed by atoms with E-state index in [1.807, 2.05) is 77.7 Å². The van der Waals surface area contributed by atoms with E-state index in [9.17, 15) is 14.1 Å². The van der Waals surface area contributed by atoms with Gasteiger partial charge in [-0.05, 0) is 64.4 Å². The number of hydrogen-bond acceptors (Lipinski definition) is 5. The molecule has 2 atom stereocenters. The van der Waals surface area contributed by atoms with Crippen molar-refractivity contribution in [3.05, 3.63) is 125 Å². The number of carboxylic acids is 1. The number of pyridine rings is 1. The summed E-state index contributed by atoms with van der Waals surface area (Å²) in [6.45, 7) is 4.67. The number of fused-ring (bicyclic) bond motifs is 4. The van der Waals surface area contributed by atoms with E-state index in [2.05, 4.69) is 53.4 Å². The second kappa shape index (κ2) is 12.7. The Morgan fingerprint density at radius 3 is 2.73 bits per heavy atom. The Kier molecular flexibility index (Phi) is 8.31. The summed E-state index contributed by atoms with van der Waals surface area (Å²) in [4.78, 5) is 17.1. The molecule has 1 aliphatic heterocycles. The number of carboxylic acid groups (broad SMARTS) is 1. The molecule has 8 nitrogen and oxygen atoms in total. The van der Waals surface area contributed by atoms with Gasteiger partial charge in [0.25, 0.3) is 0 Å². The molecule has 9 heteroatoms. The van der Waals surface area contributed by atoms with Crippen LogP contribution in [0.15, 0.2) is 97.4 Å². The van der Waals surface area contributed by atoms with Gasteiger partial charge in [0.05, 0.1) is 36.1 Å². The van der Waals surface area contributed by atoms with Crippen LogP contribution in [0.5, 0.6) is 5.75 Å². The fourth-order valence-corrected chi connectivity index (χ4v) is 7.61. The smallest absolute Gasteiger partial charge is 0.307 e. The van der Waals surface area contributed by atoms with Crippen molar-refractivity contribution in [3.63, 3.8) is 0 Å². The molecule has 0 saturated heterocycles. The van der Waals surface area contributed by atoms with Crippen LogP contribution in [-0.4, -0.2) is 36.3 Å². The number of aliphatic carboxylic acids is 1. The second-order valence-electron chi connectivity index (χ2n) is 12.3. The van der Waals surface area contributed by atoms with E-state index in [1.165, 1.54) is 0 Å². The van der Waals surface area contributed by atoms with Crippen LogP contribution in [0.3, 0.4) is 0 Å². The molecule has 5 aromatic rings. The molecule has 242 valence electrons. The minimum absolute atomic E-state index is 0.151. The van der Waals surface area contributed by atoms with E-state index in [1.54, 1.807) is 12.5 Å². The quantitative estimate of drug-likeness (QED) is 0.185. The van der Waals surface area contributed by atoms with Gasteiger partial charge < -0.3 is 9.84 Å². The van der Waals surface area contributed by atoms with Gasteiger partial charge in [-0.1, -0.05) is 67.6 Å². The lowest BCUT2D eigenvalue weighted by molar-refractivity contribution is -0.136. The van der Waals surface area contributed by atoms with Crippen molar-refractivity contribution in [2.24, 2.45) is 13.0 Å². The molecule has 3 aromatic carbocycles. The molecule has 48 heavy (non-hydrogen) atoms. The number of nitrogens with zero attached hydrogens (tertiary/aromatic N) is 4. The maximum atomic E-state index is 13.3. The number of aromatic nitrogens is 3. The van der Waals surface area contributed by atoms with E-state index < -0.39 is 17.0 Å². The standard InChI is InChI=1S/C39H36N4O4S/c1-24-8-7-10-26(13-12-24)37-32(20-36(44)45)25(2)39-38(31-11-6-5-9-28(31)22-43(39)48(4)46)33(37)23-47-30-16-17-40-34(19-30)27-14-15-35-29(18-27)21-41-42(35)3/h5-19,21,24H,20,22-23H2,1-4H3,(H,44,45). The summed E-state index contributed by atoms with van der Waals surface area (Å²) in [5, 5.41) is 15.6. The second-order valence-corrected chi connectivity index (χ2v) is 13.6. The van der Waals surface area contributed by atoms with Crippen LogP contribution in [0.1, 0.15) is 34.7 Å². The lowest BCUT2D eigenvalue weighted by Gasteiger charge is -2.36. The number of hydrogen-bond donors (Lipinski definition) is 1. The molecule has 3 heterocycles. The fraction of sp³-hybridized carbons (Fsp3) is 0.205. The largest absolute Gasteiger partial charge is 0.489 e. The van der Waals surface area contributed by atoms with Gasteiger partial charge in [0, 0.05) is 47.6 Å². The highest BCUT2D eigenvalue weighted by atomic mass is 32.2. The SMILES string of the molecule is Cc1c(CC(=O)O)c(C2=CC=CC(C)C=C2)c(COc2ccnc(-c3ccc4c(cnn4C)c3)c2)c2c1N(S(C)=O)Cc1ccccc1-2. The topological polar surface area (TPSA) is 97.6 Å². The molecule has 0 saturated carbocycles. The maximum Gasteiger partial charge on any atom is 0.307 e. The zero-order valence-corrected chi connectivity index (χ0v) is 28.1. The van der Waals surface area contributed by atoms with Crippen molar-refractivity contribution in [3.8, 4) is 28.1 Å². The third-order valence-corrected chi connectivity index (χ3v) is 10.1. The van der Waals surface area contributed by atoms with E-state index in [0.29, 0.717) is 17.9 Å². The highest BCUT2D eigenvalue weighted by Crippen LogP contribution is 2.49. The van der Waals surface area contributed by atoms with Crippen molar-refractivity contribution in [1.82, 2.24) is 14.8 Å². The molecule has 2 unspecified atom stereocenters. The number of aryl methyl sites for hydroxylation is 1. The van der Waals surface area contributed by atoms with E-state index in [-0.39, 0.29) is 18.9 Å². The normalized spacial score (nSPS) is 15.9. The van der Waals surface area contributed by atoms with Gasteiger partial charge in [-0.3, -0.25) is 18.8 Å². The number of benzene rings is 3. The Hall–Kier alpha value is -5.28. The first-order chi connectivity index (χ1) is 23.2. The monoisotopic (exact) mass is 656 g/mol. The maximum absolute atomic E-state index is 13.3. The first-order valence-electron chi connectivity index (χ1n) is 15.9. The summed E-state index contributed by atoms with van der Waals surface area (Å²) in [6, 6.07) is 18.0. The summed E-state index contributed by atoms with van der Waals surface area (Å²) in [5.74, 6) is -0.0803. The van der Waals surface area contributed by atoms with Gasteiger partial charge in [0.15, 0.2) is 0 Å². The molecule has 0 amide bonds. The fourth-order valence-electron chi connectivity index (χ4n) is 6.80. The number of carbonyl (C=O) groups is 1. The van der Waals surface area contributed by atoms with Crippen molar-refractivity contribution in [1.29, 1.82) is 0 Å². The molecule has 0 radical (unpaired) electrons. The van der Waals surface area contributed by atoms with Crippen molar-refractivity contribution in [2.75, 3.05) is 10.6 Å². The van der Waals surface area contributed by atoms with Gasteiger partial charge in [0.1, 0.15) is 23.3 Å². The molecular formula is C39H36N4O4S.